The minimum absolute atomic E-state index is 0.189. The predicted molar refractivity (Wildman–Crippen MR) is 97.7 cm³/mol. The second-order valence-electron chi connectivity index (χ2n) is 6.05. The number of benzene rings is 2. The Hall–Kier alpha value is -1.49. The number of hydrogen-bond acceptors (Lipinski definition) is 1. The van der Waals surface area contributed by atoms with E-state index in [2.05, 4.69) is 6.07 Å². The van der Waals surface area contributed by atoms with Crippen molar-refractivity contribution in [3.8, 4) is 0 Å². The van der Waals surface area contributed by atoms with Crippen LogP contribution in [0.4, 0.5) is 4.39 Å². The summed E-state index contributed by atoms with van der Waals surface area (Å²) in [5.74, 6) is -0.624. The van der Waals surface area contributed by atoms with Crippen molar-refractivity contribution in [2.75, 3.05) is 0 Å². The molecule has 1 atom stereocenters. The minimum Gasteiger partial charge on any atom is -0.306 e. The van der Waals surface area contributed by atoms with Gasteiger partial charge in [-0.2, -0.15) is 0 Å². The van der Waals surface area contributed by atoms with Gasteiger partial charge >= 0.3 is 0 Å². The van der Waals surface area contributed by atoms with Crippen LogP contribution in [0.15, 0.2) is 36.4 Å². The maximum absolute atomic E-state index is 14.2. The standard InChI is InChI=1S/C19H18ClFO2S/c1-12-5-6-13(9-18(12)20)16-3-2-4-17(16)14-7-8-15(11-24(22)23)19(21)10-14/h5-10H,2-4,11H2,1H3,(H,22,23). The molecule has 0 heterocycles. The molecular formula is C19H18ClFO2S. The van der Waals surface area contributed by atoms with Crippen LogP contribution >= 0.6 is 11.6 Å². The Labute approximate surface area is 148 Å². The summed E-state index contributed by atoms with van der Waals surface area (Å²) < 4.78 is 34.0. The maximum Gasteiger partial charge on any atom is 0.157 e. The highest BCUT2D eigenvalue weighted by atomic mass is 35.5. The van der Waals surface area contributed by atoms with Gasteiger partial charge in [0.2, 0.25) is 0 Å². The average Bonchev–Trinajstić information content (AvgIpc) is 3.01. The van der Waals surface area contributed by atoms with E-state index in [1.807, 2.05) is 25.1 Å². The molecule has 2 aromatic carbocycles. The fraction of sp³-hybridized carbons (Fsp3) is 0.263. The van der Waals surface area contributed by atoms with Gasteiger partial charge in [0.15, 0.2) is 11.1 Å². The molecule has 3 rings (SSSR count). The molecule has 2 nitrogen and oxygen atoms in total. The zero-order valence-electron chi connectivity index (χ0n) is 13.3. The van der Waals surface area contributed by atoms with E-state index < -0.39 is 16.9 Å². The van der Waals surface area contributed by atoms with Crippen molar-refractivity contribution in [3.63, 3.8) is 0 Å². The van der Waals surface area contributed by atoms with Gasteiger partial charge < -0.3 is 4.55 Å². The van der Waals surface area contributed by atoms with Gasteiger partial charge in [0.1, 0.15) is 5.82 Å². The molecule has 1 N–H and O–H groups in total. The molecule has 0 aliphatic heterocycles. The highest BCUT2D eigenvalue weighted by Gasteiger charge is 2.19. The summed E-state index contributed by atoms with van der Waals surface area (Å²) in [6.45, 7) is 1.97. The molecular weight excluding hydrogens is 347 g/mol. The number of hydrogen-bond donors (Lipinski definition) is 1. The smallest absolute Gasteiger partial charge is 0.157 e. The molecule has 0 fully saturated rings. The van der Waals surface area contributed by atoms with Gasteiger partial charge in [-0.3, -0.25) is 0 Å². The first kappa shape index (κ1) is 17.3. The molecule has 1 unspecified atom stereocenters. The van der Waals surface area contributed by atoms with Crippen LogP contribution in [-0.4, -0.2) is 8.76 Å². The van der Waals surface area contributed by atoms with Crippen LogP contribution < -0.4 is 0 Å². The molecule has 0 spiro atoms. The van der Waals surface area contributed by atoms with E-state index in [0.717, 1.165) is 46.5 Å². The normalized spacial score (nSPS) is 15.8. The molecule has 0 aromatic heterocycles. The highest BCUT2D eigenvalue weighted by Crippen LogP contribution is 2.40. The number of aryl methyl sites for hydroxylation is 1. The Balaban J connectivity index is 2.01. The Morgan fingerprint density at radius 2 is 1.75 bits per heavy atom. The number of halogens is 2. The van der Waals surface area contributed by atoms with Crippen molar-refractivity contribution in [2.24, 2.45) is 0 Å². The largest absolute Gasteiger partial charge is 0.306 e. The molecule has 1 aliphatic rings. The van der Waals surface area contributed by atoms with E-state index in [9.17, 15) is 8.60 Å². The van der Waals surface area contributed by atoms with Gasteiger partial charge in [-0.05, 0) is 66.2 Å². The fourth-order valence-corrected chi connectivity index (χ4v) is 3.83. The van der Waals surface area contributed by atoms with E-state index in [-0.39, 0.29) is 11.3 Å². The van der Waals surface area contributed by atoms with Crippen LogP contribution in [-0.2, 0) is 16.8 Å². The molecule has 0 bridgehead atoms. The molecule has 2 aromatic rings. The third kappa shape index (κ3) is 3.61. The third-order valence-corrected chi connectivity index (χ3v) is 5.38. The van der Waals surface area contributed by atoms with E-state index in [1.54, 1.807) is 6.07 Å². The zero-order chi connectivity index (χ0) is 17.3. The van der Waals surface area contributed by atoms with Crippen molar-refractivity contribution < 1.29 is 13.2 Å². The zero-order valence-corrected chi connectivity index (χ0v) is 14.9. The first-order valence-corrected chi connectivity index (χ1v) is 9.46. The van der Waals surface area contributed by atoms with Crippen molar-refractivity contribution in [2.45, 2.75) is 31.9 Å². The summed E-state index contributed by atoms with van der Waals surface area (Å²) >= 11 is 4.20. The lowest BCUT2D eigenvalue weighted by atomic mass is 9.96. The van der Waals surface area contributed by atoms with E-state index in [0.29, 0.717) is 0 Å². The number of rotatable bonds is 4. The molecule has 24 heavy (non-hydrogen) atoms. The summed E-state index contributed by atoms with van der Waals surface area (Å²) in [4.78, 5) is 0. The van der Waals surface area contributed by atoms with Crippen LogP contribution in [0.5, 0.6) is 0 Å². The van der Waals surface area contributed by atoms with Gasteiger partial charge in [0.25, 0.3) is 0 Å². The van der Waals surface area contributed by atoms with Gasteiger partial charge in [0.05, 0.1) is 5.75 Å². The topological polar surface area (TPSA) is 37.3 Å². The second-order valence-corrected chi connectivity index (χ2v) is 7.39. The summed E-state index contributed by atoms with van der Waals surface area (Å²) in [6, 6.07) is 10.9. The number of allylic oxidation sites excluding steroid dienone is 2. The Bertz CT molecular complexity index is 845. The second kappa shape index (κ2) is 7.18. The molecule has 0 saturated heterocycles. The average molecular weight is 365 g/mol. The summed E-state index contributed by atoms with van der Waals surface area (Å²) in [7, 11) is 0. The van der Waals surface area contributed by atoms with Crippen LogP contribution in [0.3, 0.4) is 0 Å². The van der Waals surface area contributed by atoms with E-state index in [4.69, 9.17) is 16.2 Å². The van der Waals surface area contributed by atoms with Gasteiger partial charge in [-0.15, -0.1) is 0 Å². The lowest BCUT2D eigenvalue weighted by molar-refractivity contribution is 0.559. The lowest BCUT2D eigenvalue weighted by Crippen LogP contribution is -1.98. The van der Waals surface area contributed by atoms with Crippen molar-refractivity contribution in [1.29, 1.82) is 0 Å². The van der Waals surface area contributed by atoms with Crippen LogP contribution in [0.1, 0.15) is 41.5 Å². The van der Waals surface area contributed by atoms with E-state index in [1.165, 1.54) is 11.6 Å². The van der Waals surface area contributed by atoms with Crippen LogP contribution in [0.2, 0.25) is 5.02 Å². The third-order valence-electron chi connectivity index (χ3n) is 4.42. The first-order chi connectivity index (χ1) is 11.5. The highest BCUT2D eigenvalue weighted by molar-refractivity contribution is 7.78. The molecule has 0 radical (unpaired) electrons. The molecule has 126 valence electrons. The van der Waals surface area contributed by atoms with Crippen LogP contribution in [0, 0.1) is 12.7 Å². The van der Waals surface area contributed by atoms with Crippen molar-refractivity contribution in [3.05, 3.63) is 69.5 Å². The van der Waals surface area contributed by atoms with Crippen molar-refractivity contribution in [1.82, 2.24) is 0 Å². The Morgan fingerprint density at radius 3 is 2.33 bits per heavy atom. The summed E-state index contributed by atoms with van der Waals surface area (Å²) in [5, 5.41) is 0.734. The van der Waals surface area contributed by atoms with Crippen LogP contribution in [0.25, 0.3) is 11.1 Å². The van der Waals surface area contributed by atoms with E-state index >= 15 is 0 Å². The first-order valence-electron chi connectivity index (χ1n) is 7.80. The summed E-state index contributed by atoms with van der Waals surface area (Å²) in [5.41, 5.74) is 5.55. The predicted octanol–water partition coefficient (Wildman–Crippen LogP) is 5.60. The maximum atomic E-state index is 14.2. The molecule has 0 amide bonds. The molecule has 0 saturated carbocycles. The Morgan fingerprint density at radius 1 is 1.12 bits per heavy atom. The summed E-state index contributed by atoms with van der Waals surface area (Å²) in [6.07, 6.45) is 2.87. The SMILES string of the molecule is Cc1ccc(C2=C(c3ccc(CS(=O)O)c(F)c3)CCC2)cc1Cl. The lowest BCUT2D eigenvalue weighted by Gasteiger charge is -2.11. The fourth-order valence-electron chi connectivity index (χ4n) is 3.15. The van der Waals surface area contributed by atoms with Gasteiger partial charge in [-0.1, -0.05) is 35.9 Å². The van der Waals surface area contributed by atoms with Crippen molar-refractivity contribution >= 4 is 33.8 Å². The molecule has 5 heteroatoms. The quantitative estimate of drug-likeness (QED) is 0.716. The minimum atomic E-state index is -2.04. The van der Waals surface area contributed by atoms with Gasteiger partial charge in [-0.25, -0.2) is 8.60 Å². The molecule has 1 aliphatic carbocycles. The monoisotopic (exact) mass is 364 g/mol. The Kier molecular flexibility index (Phi) is 5.18. The van der Waals surface area contributed by atoms with Gasteiger partial charge in [0, 0.05) is 10.6 Å².